The van der Waals surface area contributed by atoms with E-state index in [9.17, 15) is 4.21 Å². The molecule has 0 bridgehead atoms. The van der Waals surface area contributed by atoms with Crippen molar-refractivity contribution in [3.63, 3.8) is 0 Å². The molecule has 1 aromatic carbocycles. The van der Waals surface area contributed by atoms with Crippen molar-refractivity contribution < 1.29 is 8.76 Å². The standard InChI is InChI=1S/C6H5BrO2S.Na/c7-5-2-1-3-6(4-5)10(8)9;/h1-4H,(H,8,9);. The molecule has 0 heterocycles. The fourth-order valence-electron chi connectivity index (χ4n) is 0.576. The molecule has 0 amide bonds. The Morgan fingerprint density at radius 1 is 1.45 bits per heavy atom. The van der Waals surface area contributed by atoms with Gasteiger partial charge in [0.25, 0.3) is 0 Å². The first-order chi connectivity index (χ1) is 4.70. The molecular weight excluding hydrogens is 239 g/mol. The Hall–Kier alpha value is 0.810. The molecule has 0 fully saturated rings. The Morgan fingerprint density at radius 3 is 2.45 bits per heavy atom. The summed E-state index contributed by atoms with van der Waals surface area (Å²) in [5.41, 5.74) is 0. The van der Waals surface area contributed by atoms with Crippen LogP contribution in [0.25, 0.3) is 0 Å². The Morgan fingerprint density at radius 2 is 2.09 bits per heavy atom. The van der Waals surface area contributed by atoms with Gasteiger partial charge in [-0.2, -0.15) is 0 Å². The summed E-state index contributed by atoms with van der Waals surface area (Å²) >= 11 is 1.32. The average molecular weight is 244 g/mol. The second-order valence-corrected chi connectivity index (χ2v) is 3.59. The SMILES string of the molecule is O=S(O)c1cccc(Br)c1.[Na]. The van der Waals surface area contributed by atoms with Crippen LogP contribution in [0.5, 0.6) is 0 Å². The van der Waals surface area contributed by atoms with Crippen LogP contribution >= 0.6 is 15.9 Å². The first kappa shape index (κ1) is 11.8. The predicted octanol–water partition coefficient (Wildman–Crippen LogP) is 1.65. The van der Waals surface area contributed by atoms with Gasteiger partial charge in [-0.05, 0) is 18.2 Å². The van der Waals surface area contributed by atoms with Crippen LogP contribution in [-0.2, 0) is 11.1 Å². The maximum atomic E-state index is 10.4. The summed E-state index contributed by atoms with van der Waals surface area (Å²) in [6, 6.07) is 6.72. The molecular formula is C6H5BrNaO2S. The Labute approximate surface area is 98.1 Å². The monoisotopic (exact) mass is 243 g/mol. The van der Waals surface area contributed by atoms with Crippen molar-refractivity contribution >= 4 is 56.6 Å². The van der Waals surface area contributed by atoms with E-state index in [1.807, 2.05) is 0 Å². The van der Waals surface area contributed by atoms with E-state index in [2.05, 4.69) is 15.9 Å². The zero-order valence-electron chi connectivity index (χ0n) is 5.95. The minimum absolute atomic E-state index is 0. The van der Waals surface area contributed by atoms with Crippen LogP contribution in [0.3, 0.4) is 0 Å². The van der Waals surface area contributed by atoms with Gasteiger partial charge in [0.1, 0.15) is 0 Å². The fourth-order valence-corrected chi connectivity index (χ4v) is 1.55. The minimum atomic E-state index is -1.87. The molecule has 1 radical (unpaired) electrons. The second-order valence-electron chi connectivity index (χ2n) is 1.71. The van der Waals surface area contributed by atoms with Crippen LogP contribution in [0.4, 0.5) is 0 Å². The summed E-state index contributed by atoms with van der Waals surface area (Å²) in [6.07, 6.45) is 0. The summed E-state index contributed by atoms with van der Waals surface area (Å²) in [6.45, 7) is 0. The zero-order chi connectivity index (χ0) is 7.56. The summed E-state index contributed by atoms with van der Waals surface area (Å²) in [5, 5.41) is 0. The normalized spacial score (nSPS) is 11.8. The summed E-state index contributed by atoms with van der Waals surface area (Å²) in [4.78, 5) is 0.411. The molecule has 0 saturated carbocycles. The van der Waals surface area contributed by atoms with Gasteiger partial charge in [0, 0.05) is 34.0 Å². The van der Waals surface area contributed by atoms with Gasteiger partial charge >= 0.3 is 0 Å². The topological polar surface area (TPSA) is 37.3 Å². The van der Waals surface area contributed by atoms with Crippen molar-refractivity contribution in [1.82, 2.24) is 0 Å². The molecule has 0 spiro atoms. The van der Waals surface area contributed by atoms with Gasteiger partial charge in [-0.1, -0.05) is 22.0 Å². The third-order valence-corrected chi connectivity index (χ3v) is 2.15. The van der Waals surface area contributed by atoms with E-state index in [1.54, 1.807) is 24.3 Å². The predicted molar refractivity (Wildman–Crippen MR) is 48.9 cm³/mol. The van der Waals surface area contributed by atoms with E-state index >= 15 is 0 Å². The molecule has 1 unspecified atom stereocenters. The van der Waals surface area contributed by atoms with Crippen molar-refractivity contribution in [3.8, 4) is 0 Å². The smallest absolute Gasteiger partial charge is 0.186 e. The third kappa shape index (κ3) is 3.83. The Bertz CT molecular complexity index is 267. The van der Waals surface area contributed by atoms with Crippen LogP contribution in [0.2, 0.25) is 0 Å². The van der Waals surface area contributed by atoms with E-state index in [-0.39, 0.29) is 29.6 Å². The third-order valence-electron chi connectivity index (χ3n) is 0.998. The molecule has 1 aromatic rings. The number of hydrogen-bond donors (Lipinski definition) is 1. The summed E-state index contributed by atoms with van der Waals surface area (Å²) in [7, 11) is 0. The first-order valence-corrected chi connectivity index (χ1v) is 4.46. The number of rotatable bonds is 1. The molecule has 0 aliphatic rings. The van der Waals surface area contributed by atoms with Gasteiger partial charge in [0.15, 0.2) is 11.1 Å². The van der Waals surface area contributed by atoms with Gasteiger partial charge in [0.2, 0.25) is 0 Å². The molecule has 1 atom stereocenters. The van der Waals surface area contributed by atoms with Gasteiger partial charge in [0.05, 0.1) is 4.90 Å². The minimum Gasteiger partial charge on any atom is -0.302 e. The summed E-state index contributed by atoms with van der Waals surface area (Å²) in [5.74, 6) is 0. The van der Waals surface area contributed by atoms with Crippen molar-refractivity contribution in [2.45, 2.75) is 4.90 Å². The first-order valence-electron chi connectivity index (χ1n) is 2.56. The molecule has 11 heavy (non-hydrogen) atoms. The number of halogens is 1. The molecule has 0 aromatic heterocycles. The fraction of sp³-hybridized carbons (Fsp3) is 0. The van der Waals surface area contributed by atoms with Crippen LogP contribution in [0.1, 0.15) is 0 Å². The Kier molecular flexibility index (Phi) is 5.86. The molecule has 1 N–H and O–H groups in total. The quantitative estimate of drug-likeness (QED) is 0.602. The van der Waals surface area contributed by atoms with Crippen LogP contribution in [-0.4, -0.2) is 38.3 Å². The molecule has 0 aliphatic heterocycles. The van der Waals surface area contributed by atoms with Gasteiger partial charge in [-0.15, -0.1) is 0 Å². The van der Waals surface area contributed by atoms with Crippen LogP contribution in [0.15, 0.2) is 33.6 Å². The van der Waals surface area contributed by atoms with Crippen LogP contribution < -0.4 is 0 Å². The number of benzene rings is 1. The molecule has 0 aliphatic carbocycles. The van der Waals surface area contributed by atoms with Crippen molar-refractivity contribution in [1.29, 1.82) is 0 Å². The maximum Gasteiger partial charge on any atom is 0.186 e. The maximum absolute atomic E-state index is 10.4. The van der Waals surface area contributed by atoms with Crippen molar-refractivity contribution in [2.75, 3.05) is 0 Å². The zero-order valence-corrected chi connectivity index (χ0v) is 10.4. The molecule has 5 heteroatoms. The van der Waals surface area contributed by atoms with Crippen molar-refractivity contribution in [3.05, 3.63) is 28.7 Å². The largest absolute Gasteiger partial charge is 0.302 e. The van der Waals surface area contributed by atoms with E-state index in [0.717, 1.165) is 4.47 Å². The Balaban J connectivity index is 0.000001000. The van der Waals surface area contributed by atoms with Crippen LogP contribution in [0, 0.1) is 0 Å². The van der Waals surface area contributed by atoms with Crippen molar-refractivity contribution in [2.24, 2.45) is 0 Å². The van der Waals surface area contributed by atoms with E-state index in [1.165, 1.54) is 0 Å². The second kappa shape index (κ2) is 5.45. The average Bonchev–Trinajstić information content (AvgIpc) is 1.88. The van der Waals surface area contributed by atoms with Gasteiger partial charge in [-0.3, -0.25) is 0 Å². The van der Waals surface area contributed by atoms with Gasteiger partial charge < -0.3 is 4.55 Å². The molecule has 2 nitrogen and oxygen atoms in total. The van der Waals surface area contributed by atoms with E-state index in [4.69, 9.17) is 4.55 Å². The van der Waals surface area contributed by atoms with E-state index in [0.29, 0.717) is 4.90 Å². The van der Waals surface area contributed by atoms with E-state index < -0.39 is 11.1 Å². The molecule has 0 saturated heterocycles. The molecule has 55 valence electrons. The van der Waals surface area contributed by atoms with Gasteiger partial charge in [-0.25, -0.2) is 4.21 Å². The summed E-state index contributed by atoms with van der Waals surface area (Å²) < 4.78 is 19.9. The molecule has 1 rings (SSSR count). The number of hydrogen-bond acceptors (Lipinski definition) is 1.